The van der Waals surface area contributed by atoms with Gasteiger partial charge in [0.05, 0.1) is 18.2 Å². The monoisotopic (exact) mass is 313 g/mol. The van der Waals surface area contributed by atoms with Gasteiger partial charge in [0.25, 0.3) is 0 Å². The van der Waals surface area contributed by atoms with Crippen molar-refractivity contribution in [2.45, 2.75) is 13.0 Å². The topological polar surface area (TPSA) is 21.3 Å². The maximum Gasteiger partial charge on any atom is 0.142 e. The SMILES string of the molecule is COc1cccc(NC(C)c2c(Cl)ccc(F)c2Cl)c1. The average molecular weight is 314 g/mol. The number of hydrogen-bond donors (Lipinski definition) is 1. The van der Waals surface area contributed by atoms with Crippen molar-refractivity contribution in [3.05, 3.63) is 57.8 Å². The van der Waals surface area contributed by atoms with Gasteiger partial charge in [0, 0.05) is 22.3 Å². The Morgan fingerprint density at radius 3 is 2.65 bits per heavy atom. The van der Waals surface area contributed by atoms with Gasteiger partial charge >= 0.3 is 0 Å². The quantitative estimate of drug-likeness (QED) is 0.772. The van der Waals surface area contributed by atoms with Crippen molar-refractivity contribution in [1.82, 2.24) is 0 Å². The van der Waals surface area contributed by atoms with E-state index in [-0.39, 0.29) is 11.1 Å². The van der Waals surface area contributed by atoms with Gasteiger partial charge in [-0.05, 0) is 31.2 Å². The van der Waals surface area contributed by atoms with E-state index in [0.717, 1.165) is 11.4 Å². The van der Waals surface area contributed by atoms with Crippen LogP contribution in [-0.4, -0.2) is 7.11 Å². The molecule has 0 radical (unpaired) electrons. The summed E-state index contributed by atoms with van der Waals surface area (Å²) in [7, 11) is 1.60. The number of anilines is 1. The molecule has 1 unspecified atom stereocenters. The fourth-order valence-electron chi connectivity index (χ4n) is 1.97. The highest BCUT2D eigenvalue weighted by Gasteiger charge is 2.17. The van der Waals surface area contributed by atoms with Gasteiger partial charge in [0.1, 0.15) is 11.6 Å². The van der Waals surface area contributed by atoms with E-state index in [4.69, 9.17) is 27.9 Å². The number of ether oxygens (including phenoxy) is 1. The van der Waals surface area contributed by atoms with Gasteiger partial charge in [-0.15, -0.1) is 0 Å². The third-order valence-electron chi connectivity index (χ3n) is 2.97. The molecule has 0 saturated carbocycles. The summed E-state index contributed by atoms with van der Waals surface area (Å²) in [6.07, 6.45) is 0. The second kappa shape index (κ2) is 6.33. The number of rotatable bonds is 4. The van der Waals surface area contributed by atoms with Crippen LogP contribution < -0.4 is 10.1 Å². The lowest BCUT2D eigenvalue weighted by Gasteiger charge is -2.19. The van der Waals surface area contributed by atoms with Gasteiger partial charge in [0.2, 0.25) is 0 Å². The molecular formula is C15H14Cl2FNO. The molecule has 0 aliphatic rings. The zero-order chi connectivity index (χ0) is 14.7. The normalized spacial score (nSPS) is 12.1. The molecule has 0 aliphatic heterocycles. The Hall–Kier alpha value is -1.45. The minimum Gasteiger partial charge on any atom is -0.497 e. The standard InChI is InChI=1S/C15H14Cl2FNO/c1-9(14-12(16)6-7-13(18)15(14)17)19-10-4-3-5-11(8-10)20-2/h3-9,19H,1-2H3. The molecule has 2 aromatic rings. The Balaban J connectivity index is 2.28. The predicted molar refractivity (Wildman–Crippen MR) is 81.5 cm³/mol. The van der Waals surface area contributed by atoms with Crippen molar-refractivity contribution in [3.8, 4) is 5.75 Å². The summed E-state index contributed by atoms with van der Waals surface area (Å²) in [6, 6.07) is 9.96. The smallest absolute Gasteiger partial charge is 0.142 e. The first kappa shape index (κ1) is 14.9. The summed E-state index contributed by atoms with van der Waals surface area (Å²) in [5.41, 5.74) is 1.38. The van der Waals surface area contributed by atoms with E-state index in [1.807, 2.05) is 31.2 Å². The minimum atomic E-state index is -0.481. The number of nitrogens with one attached hydrogen (secondary N) is 1. The summed E-state index contributed by atoms with van der Waals surface area (Å²) >= 11 is 12.1. The van der Waals surface area contributed by atoms with Crippen LogP contribution in [0.1, 0.15) is 18.5 Å². The second-order valence-electron chi connectivity index (χ2n) is 4.35. The van der Waals surface area contributed by atoms with E-state index in [1.54, 1.807) is 7.11 Å². The first-order chi connectivity index (χ1) is 9.52. The van der Waals surface area contributed by atoms with Gasteiger partial charge in [-0.25, -0.2) is 4.39 Å². The fourth-order valence-corrected chi connectivity index (χ4v) is 2.67. The van der Waals surface area contributed by atoms with E-state index in [0.29, 0.717) is 10.6 Å². The molecule has 0 saturated heterocycles. The van der Waals surface area contributed by atoms with E-state index in [2.05, 4.69) is 5.32 Å². The van der Waals surface area contributed by atoms with Crippen LogP contribution in [-0.2, 0) is 0 Å². The average Bonchev–Trinajstić information content (AvgIpc) is 2.43. The Bertz CT molecular complexity index is 619. The highest BCUT2D eigenvalue weighted by atomic mass is 35.5. The Morgan fingerprint density at radius 2 is 1.95 bits per heavy atom. The lowest BCUT2D eigenvalue weighted by Crippen LogP contribution is -2.08. The van der Waals surface area contributed by atoms with Crippen molar-refractivity contribution in [2.75, 3.05) is 12.4 Å². The molecule has 0 spiro atoms. The molecule has 2 aromatic carbocycles. The molecule has 0 amide bonds. The van der Waals surface area contributed by atoms with Crippen molar-refractivity contribution in [1.29, 1.82) is 0 Å². The maximum absolute atomic E-state index is 13.5. The number of methoxy groups -OCH3 is 1. The van der Waals surface area contributed by atoms with Crippen LogP contribution in [0.3, 0.4) is 0 Å². The van der Waals surface area contributed by atoms with Crippen molar-refractivity contribution >= 4 is 28.9 Å². The molecule has 5 heteroatoms. The van der Waals surface area contributed by atoms with Crippen LogP contribution in [0.4, 0.5) is 10.1 Å². The molecular weight excluding hydrogens is 300 g/mol. The van der Waals surface area contributed by atoms with Gasteiger partial charge < -0.3 is 10.1 Å². The minimum absolute atomic E-state index is 0.0420. The fraction of sp³-hybridized carbons (Fsp3) is 0.200. The number of benzene rings is 2. The molecule has 2 rings (SSSR count). The first-order valence-corrected chi connectivity index (χ1v) is 6.82. The lowest BCUT2D eigenvalue weighted by molar-refractivity contribution is 0.415. The highest BCUT2D eigenvalue weighted by molar-refractivity contribution is 6.36. The molecule has 0 fully saturated rings. The summed E-state index contributed by atoms with van der Waals surface area (Å²) in [4.78, 5) is 0. The zero-order valence-electron chi connectivity index (χ0n) is 11.1. The van der Waals surface area contributed by atoms with Gasteiger partial charge in [-0.2, -0.15) is 0 Å². The third-order valence-corrected chi connectivity index (χ3v) is 3.68. The summed E-state index contributed by atoms with van der Waals surface area (Å²) in [5.74, 6) is 0.254. The lowest BCUT2D eigenvalue weighted by atomic mass is 10.1. The third kappa shape index (κ3) is 3.17. The van der Waals surface area contributed by atoms with Crippen molar-refractivity contribution in [2.24, 2.45) is 0 Å². The van der Waals surface area contributed by atoms with Gasteiger partial charge in [-0.3, -0.25) is 0 Å². The van der Waals surface area contributed by atoms with Crippen LogP contribution in [0.5, 0.6) is 5.75 Å². The zero-order valence-corrected chi connectivity index (χ0v) is 12.6. The van der Waals surface area contributed by atoms with Crippen molar-refractivity contribution in [3.63, 3.8) is 0 Å². The largest absolute Gasteiger partial charge is 0.497 e. The molecule has 0 heterocycles. The van der Waals surface area contributed by atoms with E-state index in [1.165, 1.54) is 12.1 Å². The van der Waals surface area contributed by atoms with Crippen LogP contribution in [0.15, 0.2) is 36.4 Å². The number of hydrogen-bond acceptors (Lipinski definition) is 2. The van der Waals surface area contributed by atoms with E-state index < -0.39 is 5.82 Å². The molecule has 0 bridgehead atoms. The van der Waals surface area contributed by atoms with Crippen molar-refractivity contribution < 1.29 is 9.13 Å². The molecule has 106 valence electrons. The van der Waals surface area contributed by atoms with E-state index in [9.17, 15) is 4.39 Å². The van der Waals surface area contributed by atoms with Gasteiger partial charge in [0.15, 0.2) is 0 Å². The summed E-state index contributed by atoms with van der Waals surface area (Å²) < 4.78 is 18.7. The van der Waals surface area contributed by atoms with Crippen LogP contribution in [0.2, 0.25) is 10.0 Å². The van der Waals surface area contributed by atoms with Gasteiger partial charge in [-0.1, -0.05) is 29.3 Å². The molecule has 1 N–H and O–H groups in total. The number of halogens is 3. The molecule has 1 atom stereocenters. The van der Waals surface area contributed by atoms with E-state index >= 15 is 0 Å². The molecule has 2 nitrogen and oxygen atoms in total. The molecule has 0 aromatic heterocycles. The maximum atomic E-state index is 13.5. The Kier molecular flexibility index (Phi) is 4.73. The summed E-state index contributed by atoms with van der Waals surface area (Å²) in [5, 5.41) is 3.70. The van der Waals surface area contributed by atoms with Crippen LogP contribution in [0.25, 0.3) is 0 Å². The first-order valence-electron chi connectivity index (χ1n) is 6.07. The van der Waals surface area contributed by atoms with Crippen LogP contribution in [0, 0.1) is 5.82 Å². The Labute approximate surface area is 127 Å². The summed E-state index contributed by atoms with van der Waals surface area (Å²) in [6.45, 7) is 1.87. The highest BCUT2D eigenvalue weighted by Crippen LogP contribution is 2.34. The molecule has 20 heavy (non-hydrogen) atoms. The van der Waals surface area contributed by atoms with Crippen LogP contribution >= 0.6 is 23.2 Å². The molecule has 0 aliphatic carbocycles. The predicted octanol–water partition coefficient (Wildman–Crippen LogP) is 5.31. The Morgan fingerprint density at radius 1 is 1.20 bits per heavy atom. The second-order valence-corrected chi connectivity index (χ2v) is 5.14.